The van der Waals surface area contributed by atoms with Gasteiger partial charge in [0, 0.05) is 40.4 Å². The minimum absolute atomic E-state index is 0. The van der Waals surface area contributed by atoms with Crippen LogP contribution >= 0.6 is 0 Å². The summed E-state index contributed by atoms with van der Waals surface area (Å²) in [6.07, 6.45) is 0. The summed E-state index contributed by atoms with van der Waals surface area (Å²) in [5.74, 6) is 0. The normalized spacial score (nSPS) is 0. The summed E-state index contributed by atoms with van der Waals surface area (Å²) in [6.45, 7) is 0. The molecule has 0 unspecified atom stereocenters. The molecule has 0 bridgehead atoms. The van der Waals surface area contributed by atoms with E-state index in [1.807, 2.05) is 0 Å². The quantitative estimate of drug-likeness (QED) is 0.374. The molecule has 0 N–H and O–H groups in total. The minimum atomic E-state index is 0. The molecule has 0 aliphatic rings. The maximum absolute atomic E-state index is 0. The van der Waals surface area contributed by atoms with Crippen LogP contribution in [-0.2, 0) is 0 Å². The monoisotopic (exact) mass is 248 g/mol. The number of hydrogen-bond donors (Lipinski definition) is 0. The second kappa shape index (κ2) is 26.0. The van der Waals surface area contributed by atoms with Gasteiger partial charge in [-0.25, -0.2) is 0 Å². The third-order valence-electron chi connectivity index (χ3n) is 0. The van der Waals surface area contributed by atoms with Gasteiger partial charge in [0.15, 0.2) is 17.4 Å². The second-order valence-corrected chi connectivity index (χ2v) is 0. The van der Waals surface area contributed by atoms with Gasteiger partial charge < -0.3 is 4.28 Å². The van der Waals surface area contributed by atoms with Gasteiger partial charge in [-0.05, 0) is 11.0 Å². The predicted octanol–water partition coefficient (Wildman–Crippen LogP) is -5.67. The van der Waals surface area contributed by atoms with E-state index in [4.69, 9.17) is 0 Å². The molecular formula is H10AlLiMgSiSm. The van der Waals surface area contributed by atoms with Crippen molar-refractivity contribution in [1.82, 2.24) is 0 Å². The summed E-state index contributed by atoms with van der Waals surface area (Å²) in [4.78, 5) is 0. The molecule has 0 aliphatic heterocycles. The Balaban J connectivity index is 0. The van der Waals surface area contributed by atoms with Crippen molar-refractivity contribution in [3.05, 3.63) is 0 Å². The summed E-state index contributed by atoms with van der Waals surface area (Å²) in [5.41, 5.74) is 0. The van der Waals surface area contributed by atoms with E-state index in [-0.39, 0.29) is 115 Å². The molecular weight excluding hydrogens is 237 g/mol. The fourth-order valence-electron chi connectivity index (χ4n) is 0. The van der Waals surface area contributed by atoms with Crippen LogP contribution in [0.5, 0.6) is 0 Å². The molecule has 0 aromatic carbocycles. The van der Waals surface area contributed by atoms with E-state index in [1.54, 1.807) is 0 Å². The van der Waals surface area contributed by atoms with E-state index in [2.05, 4.69) is 0 Å². The maximum Gasteiger partial charge on any atom is 2.00 e. The maximum atomic E-state index is 0. The van der Waals surface area contributed by atoms with Crippen LogP contribution in [0.25, 0.3) is 0 Å². The van der Waals surface area contributed by atoms with Crippen molar-refractivity contribution in [2.75, 3.05) is 0 Å². The van der Waals surface area contributed by atoms with E-state index in [0.29, 0.717) is 0 Å². The van der Waals surface area contributed by atoms with Gasteiger partial charge in [0.1, 0.15) is 0 Å². The van der Waals surface area contributed by atoms with Crippen molar-refractivity contribution in [3.63, 3.8) is 0 Å². The topological polar surface area (TPSA) is 0 Å². The van der Waals surface area contributed by atoms with Crippen LogP contribution in [0.15, 0.2) is 0 Å². The van der Waals surface area contributed by atoms with Crippen molar-refractivity contribution >= 4 is 51.4 Å². The summed E-state index contributed by atoms with van der Waals surface area (Å²) in [6, 6.07) is 0. The second-order valence-electron chi connectivity index (χ2n) is 0. The Morgan fingerprint density at radius 3 is 1.20 bits per heavy atom. The molecule has 5 heavy (non-hydrogen) atoms. The number of hydrogen-bond acceptors (Lipinski definition) is 0. The zero-order chi connectivity index (χ0) is 0. The Labute approximate surface area is 113 Å². The first-order valence-electron chi connectivity index (χ1n) is 0. The number of rotatable bonds is 0. The average molecular weight is 247 g/mol. The summed E-state index contributed by atoms with van der Waals surface area (Å²) < 4.78 is 0. The fraction of sp³-hybridized carbons (Fsp3) is 0. The van der Waals surface area contributed by atoms with E-state index < -0.39 is 0 Å². The molecule has 0 rings (SSSR count). The molecule has 0 aromatic rings. The van der Waals surface area contributed by atoms with E-state index in [1.165, 1.54) is 0 Å². The van der Waals surface area contributed by atoms with Gasteiger partial charge in [-0.1, -0.05) is 0 Å². The van der Waals surface area contributed by atoms with Crippen molar-refractivity contribution in [3.8, 4) is 0 Å². The van der Waals surface area contributed by atoms with Crippen molar-refractivity contribution in [2.24, 2.45) is 0 Å². The molecule has 0 amide bonds. The van der Waals surface area contributed by atoms with Crippen LogP contribution in [0.2, 0.25) is 0 Å². The van der Waals surface area contributed by atoms with Gasteiger partial charge in [0.2, 0.25) is 0 Å². The predicted molar refractivity (Wildman–Crippen MR) is 30.4 cm³/mol. The van der Waals surface area contributed by atoms with Crippen LogP contribution in [0.3, 0.4) is 0 Å². The van der Waals surface area contributed by atoms with Crippen LogP contribution in [-0.4, -0.2) is 51.4 Å². The standard InChI is InChI=1S/Al.Li.Mg.H4Si.Sm.6H/h;;;1H4;;;;;;;/q;+1;+2;;;;;;3*-1. The molecule has 0 radical (unpaired) electrons. The van der Waals surface area contributed by atoms with Crippen LogP contribution < -0.4 is 18.9 Å². The Morgan fingerprint density at radius 2 is 1.20 bits per heavy atom. The van der Waals surface area contributed by atoms with Gasteiger partial charge in [-0.15, -0.1) is 0 Å². The molecule has 0 spiro atoms. The van der Waals surface area contributed by atoms with Crippen molar-refractivity contribution in [1.29, 1.82) is 0 Å². The largest absolute Gasteiger partial charge is 2.00 e. The third-order valence-corrected chi connectivity index (χ3v) is 0. The molecule has 26 valence electrons. The molecule has 0 aliphatic carbocycles. The summed E-state index contributed by atoms with van der Waals surface area (Å²) >= 11 is 0. The van der Waals surface area contributed by atoms with E-state index in [9.17, 15) is 0 Å². The zero-order valence-corrected chi connectivity index (χ0v) is 6.15. The molecule has 5 heteroatoms. The molecule has 0 fully saturated rings. The SMILES string of the molecule is [AlH3].[H-].[H-].[H-].[Li+].[Mg+2].[SiH4].[Sm]. The first-order chi connectivity index (χ1) is 0. The fourth-order valence-corrected chi connectivity index (χ4v) is 0. The first kappa shape index (κ1) is 39.4. The zero-order valence-electron chi connectivity index (χ0n) is 5.12. The minimum Gasteiger partial charge on any atom is -1.00 e. The third kappa shape index (κ3) is 18.6. The molecule has 0 saturated carbocycles. The van der Waals surface area contributed by atoms with E-state index >= 15 is 0 Å². The Morgan fingerprint density at radius 1 is 1.20 bits per heavy atom. The molecule has 0 saturated heterocycles. The smallest absolute Gasteiger partial charge is 1.00 e. The average Bonchev–Trinajstić information content (AvgIpc) is 0. The van der Waals surface area contributed by atoms with Crippen LogP contribution in [0.4, 0.5) is 0 Å². The Hall–Kier alpha value is 3.45. The Bertz CT molecular complexity index is 19.2. The van der Waals surface area contributed by atoms with Gasteiger partial charge in [0.05, 0.1) is 0 Å². The summed E-state index contributed by atoms with van der Waals surface area (Å²) in [7, 11) is 0. The van der Waals surface area contributed by atoms with Crippen LogP contribution in [0, 0.1) is 40.4 Å². The van der Waals surface area contributed by atoms with Gasteiger partial charge in [-0.2, -0.15) is 0 Å². The van der Waals surface area contributed by atoms with Crippen molar-refractivity contribution < 1.29 is 63.5 Å². The summed E-state index contributed by atoms with van der Waals surface area (Å²) in [5, 5.41) is 0. The van der Waals surface area contributed by atoms with Gasteiger partial charge >= 0.3 is 41.9 Å². The van der Waals surface area contributed by atoms with Gasteiger partial charge in [0.25, 0.3) is 0 Å². The molecule has 0 nitrogen and oxygen atoms in total. The molecule has 0 heterocycles. The van der Waals surface area contributed by atoms with Crippen molar-refractivity contribution in [2.45, 2.75) is 0 Å². The molecule has 0 aromatic heterocycles. The molecule has 0 atom stereocenters. The van der Waals surface area contributed by atoms with Gasteiger partial charge in [-0.3, -0.25) is 0 Å². The Kier molecular flexibility index (Phi) is 205. The first-order valence-corrected chi connectivity index (χ1v) is 0. The van der Waals surface area contributed by atoms with Crippen LogP contribution in [0.1, 0.15) is 4.28 Å². The van der Waals surface area contributed by atoms with E-state index in [0.717, 1.165) is 0 Å².